The number of H-pyrrole nitrogens is 1. The van der Waals surface area contributed by atoms with Crippen molar-refractivity contribution in [2.75, 3.05) is 0 Å². The van der Waals surface area contributed by atoms with Gasteiger partial charge in [-0.1, -0.05) is 0 Å². The highest BCUT2D eigenvalue weighted by molar-refractivity contribution is 5.55. The lowest BCUT2D eigenvalue weighted by Crippen LogP contribution is -1.98. The van der Waals surface area contributed by atoms with Gasteiger partial charge in [-0.25, -0.2) is 9.97 Å². The van der Waals surface area contributed by atoms with Crippen molar-refractivity contribution < 1.29 is 0 Å². The summed E-state index contributed by atoms with van der Waals surface area (Å²) in [6, 6.07) is 2.98. The predicted octanol–water partition coefficient (Wildman–Crippen LogP) is 0.832. The molecule has 2 heterocycles. The monoisotopic (exact) mass is 173 g/mol. The van der Waals surface area contributed by atoms with E-state index in [0.717, 1.165) is 11.3 Å². The van der Waals surface area contributed by atoms with Crippen LogP contribution in [0.25, 0.3) is 11.3 Å². The lowest BCUT2D eigenvalue weighted by molar-refractivity contribution is 1.16. The molecule has 1 N–H and O–H groups in total. The van der Waals surface area contributed by atoms with E-state index < -0.39 is 0 Å². The van der Waals surface area contributed by atoms with Crippen LogP contribution in [0.5, 0.6) is 0 Å². The molecule has 4 heteroatoms. The average molecular weight is 173 g/mol. The number of hydrogen-bond donors (Lipinski definition) is 1. The molecule has 0 atom stereocenters. The van der Waals surface area contributed by atoms with Crippen LogP contribution in [0, 0.1) is 0 Å². The zero-order valence-electron chi connectivity index (χ0n) is 6.77. The Labute approximate surface area is 74.3 Å². The molecule has 0 radical (unpaired) electrons. The highest BCUT2D eigenvalue weighted by Gasteiger charge is 1.96. The van der Waals surface area contributed by atoms with E-state index >= 15 is 0 Å². The topological polar surface area (TPSA) is 58.6 Å². The van der Waals surface area contributed by atoms with Crippen LogP contribution in [0.3, 0.4) is 0 Å². The van der Waals surface area contributed by atoms with E-state index in [1.165, 1.54) is 18.5 Å². The number of pyridine rings is 1. The first-order valence-corrected chi connectivity index (χ1v) is 3.80. The quantitative estimate of drug-likeness (QED) is 0.694. The standard InChI is InChI=1S/C9H7N3O/c13-8-1-2-12-9(3-8)7-4-10-6-11-5-7/h1-6H,(H,12,13). The Bertz CT molecular complexity index is 450. The third-order valence-corrected chi connectivity index (χ3v) is 1.64. The second-order valence-corrected chi connectivity index (χ2v) is 2.57. The van der Waals surface area contributed by atoms with Crippen molar-refractivity contribution in [1.29, 1.82) is 0 Å². The van der Waals surface area contributed by atoms with E-state index in [0.29, 0.717) is 0 Å². The summed E-state index contributed by atoms with van der Waals surface area (Å²) in [5, 5.41) is 0. The first-order chi connectivity index (χ1) is 6.36. The fourth-order valence-corrected chi connectivity index (χ4v) is 1.05. The molecule has 0 aliphatic rings. The normalized spacial score (nSPS) is 9.85. The third-order valence-electron chi connectivity index (χ3n) is 1.64. The molecule has 0 bridgehead atoms. The van der Waals surface area contributed by atoms with Crippen LogP contribution in [-0.4, -0.2) is 15.0 Å². The molecule has 0 saturated heterocycles. The summed E-state index contributed by atoms with van der Waals surface area (Å²) < 4.78 is 0. The van der Waals surface area contributed by atoms with Crippen molar-refractivity contribution >= 4 is 0 Å². The van der Waals surface area contributed by atoms with Crippen molar-refractivity contribution in [3.05, 3.63) is 47.3 Å². The number of nitrogens with zero attached hydrogens (tertiary/aromatic N) is 2. The summed E-state index contributed by atoms with van der Waals surface area (Å²) >= 11 is 0. The summed E-state index contributed by atoms with van der Waals surface area (Å²) in [5.74, 6) is 0. The minimum Gasteiger partial charge on any atom is -0.361 e. The molecular formula is C9H7N3O. The number of aromatic nitrogens is 3. The first kappa shape index (κ1) is 7.67. The molecule has 64 valence electrons. The van der Waals surface area contributed by atoms with Crippen molar-refractivity contribution in [1.82, 2.24) is 15.0 Å². The lowest BCUT2D eigenvalue weighted by atomic mass is 10.2. The van der Waals surface area contributed by atoms with Crippen LogP contribution < -0.4 is 5.43 Å². The SMILES string of the molecule is O=c1cc[nH]c(-c2cncnc2)c1. The molecule has 2 aromatic rings. The van der Waals surface area contributed by atoms with Gasteiger partial charge in [-0.15, -0.1) is 0 Å². The van der Waals surface area contributed by atoms with Crippen LogP contribution in [0.2, 0.25) is 0 Å². The van der Waals surface area contributed by atoms with E-state index in [-0.39, 0.29) is 5.43 Å². The van der Waals surface area contributed by atoms with Crippen molar-refractivity contribution in [2.45, 2.75) is 0 Å². The summed E-state index contributed by atoms with van der Waals surface area (Å²) in [6.45, 7) is 0. The van der Waals surface area contributed by atoms with Crippen LogP contribution in [0.15, 0.2) is 41.8 Å². The van der Waals surface area contributed by atoms with E-state index in [9.17, 15) is 4.79 Å². The zero-order valence-corrected chi connectivity index (χ0v) is 6.77. The van der Waals surface area contributed by atoms with Gasteiger partial charge < -0.3 is 4.98 Å². The van der Waals surface area contributed by atoms with Gasteiger partial charge in [0.25, 0.3) is 0 Å². The predicted molar refractivity (Wildman–Crippen MR) is 48.1 cm³/mol. The largest absolute Gasteiger partial charge is 0.361 e. The first-order valence-electron chi connectivity index (χ1n) is 3.80. The highest BCUT2D eigenvalue weighted by Crippen LogP contribution is 2.10. The Kier molecular flexibility index (Phi) is 1.88. The van der Waals surface area contributed by atoms with Gasteiger partial charge >= 0.3 is 0 Å². The summed E-state index contributed by atoms with van der Waals surface area (Å²) in [4.78, 5) is 21.7. The summed E-state index contributed by atoms with van der Waals surface area (Å²) in [7, 11) is 0. The Morgan fingerprint density at radius 1 is 1.23 bits per heavy atom. The van der Waals surface area contributed by atoms with Gasteiger partial charge in [0.15, 0.2) is 5.43 Å². The van der Waals surface area contributed by atoms with Gasteiger partial charge in [0.05, 0.1) is 5.69 Å². The molecule has 0 aromatic carbocycles. The van der Waals surface area contributed by atoms with Gasteiger partial charge in [0.1, 0.15) is 6.33 Å². The molecule has 13 heavy (non-hydrogen) atoms. The van der Waals surface area contributed by atoms with Crippen LogP contribution >= 0.6 is 0 Å². The molecule has 0 spiro atoms. The van der Waals surface area contributed by atoms with Crippen molar-refractivity contribution in [3.63, 3.8) is 0 Å². The molecule has 0 aliphatic heterocycles. The lowest BCUT2D eigenvalue weighted by Gasteiger charge is -1.97. The van der Waals surface area contributed by atoms with E-state index in [1.807, 2.05) is 0 Å². The molecule has 2 aromatic heterocycles. The Balaban J connectivity index is 2.54. The van der Waals surface area contributed by atoms with Crippen molar-refractivity contribution in [2.24, 2.45) is 0 Å². The molecule has 2 rings (SSSR count). The molecule has 0 aliphatic carbocycles. The highest BCUT2D eigenvalue weighted by atomic mass is 16.1. The minimum absolute atomic E-state index is 0.0300. The maximum Gasteiger partial charge on any atom is 0.182 e. The second-order valence-electron chi connectivity index (χ2n) is 2.57. The Morgan fingerprint density at radius 3 is 2.69 bits per heavy atom. The Morgan fingerprint density at radius 2 is 2.00 bits per heavy atom. The second kappa shape index (κ2) is 3.18. The molecule has 0 saturated carbocycles. The van der Waals surface area contributed by atoms with Crippen LogP contribution in [0.1, 0.15) is 0 Å². The van der Waals surface area contributed by atoms with Gasteiger partial charge in [-0.2, -0.15) is 0 Å². The van der Waals surface area contributed by atoms with Gasteiger partial charge in [0.2, 0.25) is 0 Å². The van der Waals surface area contributed by atoms with E-state index in [2.05, 4.69) is 15.0 Å². The van der Waals surface area contributed by atoms with Gasteiger partial charge in [0, 0.05) is 36.3 Å². The van der Waals surface area contributed by atoms with Gasteiger partial charge in [-0.3, -0.25) is 4.79 Å². The average Bonchev–Trinajstić information content (AvgIpc) is 2.19. The molecule has 4 nitrogen and oxygen atoms in total. The smallest absolute Gasteiger partial charge is 0.182 e. The summed E-state index contributed by atoms with van der Waals surface area (Å²) in [6.07, 6.45) is 6.35. The minimum atomic E-state index is -0.0300. The molecule has 0 unspecified atom stereocenters. The van der Waals surface area contributed by atoms with Gasteiger partial charge in [-0.05, 0) is 0 Å². The Hall–Kier alpha value is -1.97. The van der Waals surface area contributed by atoms with Crippen molar-refractivity contribution in [3.8, 4) is 11.3 Å². The number of aromatic amines is 1. The van der Waals surface area contributed by atoms with E-state index in [1.54, 1.807) is 18.6 Å². The summed E-state index contributed by atoms with van der Waals surface area (Å²) in [5.41, 5.74) is 1.51. The van der Waals surface area contributed by atoms with E-state index in [4.69, 9.17) is 0 Å². The zero-order chi connectivity index (χ0) is 9.10. The number of nitrogens with one attached hydrogen (secondary N) is 1. The molecule has 0 amide bonds. The maximum absolute atomic E-state index is 11.0. The number of rotatable bonds is 1. The molecule has 0 fully saturated rings. The number of hydrogen-bond acceptors (Lipinski definition) is 3. The van der Waals surface area contributed by atoms with Crippen LogP contribution in [-0.2, 0) is 0 Å². The molecular weight excluding hydrogens is 166 g/mol. The van der Waals surface area contributed by atoms with Crippen LogP contribution in [0.4, 0.5) is 0 Å². The third kappa shape index (κ3) is 1.61. The fraction of sp³-hybridized carbons (Fsp3) is 0. The maximum atomic E-state index is 11.0. The fourth-order valence-electron chi connectivity index (χ4n) is 1.05.